The Labute approximate surface area is 145 Å². The van der Waals surface area contributed by atoms with Gasteiger partial charge in [-0.05, 0) is 18.4 Å². The molecule has 1 aromatic heterocycles. The van der Waals surface area contributed by atoms with E-state index in [0.717, 1.165) is 48.8 Å². The van der Waals surface area contributed by atoms with Crippen molar-refractivity contribution in [1.29, 1.82) is 0 Å². The standard InChI is InChI=1S/C18H20N2O3S/c21-17-16(8-10-23-17)24-18-19-11-15(13-5-2-1-3-6-13)20(18)12-14-7-4-9-22-14/h1-3,5-6,11,14,16H,4,7-10,12H2/t14-,16-/m0/s1. The number of aromatic nitrogens is 2. The van der Waals surface area contributed by atoms with Crippen LogP contribution < -0.4 is 0 Å². The third-order valence-electron chi connectivity index (χ3n) is 4.43. The average Bonchev–Trinajstić information content (AvgIpc) is 3.33. The molecule has 0 N–H and O–H groups in total. The number of nitrogens with zero attached hydrogens (tertiary/aromatic N) is 2. The van der Waals surface area contributed by atoms with Crippen LogP contribution in [0.2, 0.25) is 0 Å². The fraction of sp³-hybridized carbons (Fsp3) is 0.444. The summed E-state index contributed by atoms with van der Waals surface area (Å²) in [6.07, 6.45) is 5.04. The van der Waals surface area contributed by atoms with Gasteiger partial charge in [-0.25, -0.2) is 4.98 Å². The van der Waals surface area contributed by atoms with E-state index in [9.17, 15) is 4.79 Å². The Bertz CT molecular complexity index is 710. The lowest BCUT2D eigenvalue weighted by Gasteiger charge is -2.16. The number of imidazole rings is 1. The molecule has 6 heteroatoms. The van der Waals surface area contributed by atoms with Crippen molar-refractivity contribution in [2.24, 2.45) is 0 Å². The van der Waals surface area contributed by atoms with E-state index in [1.165, 1.54) is 11.8 Å². The fourth-order valence-corrected chi connectivity index (χ4v) is 4.22. The molecule has 0 unspecified atom stereocenters. The molecule has 2 atom stereocenters. The molecule has 0 radical (unpaired) electrons. The van der Waals surface area contributed by atoms with Crippen molar-refractivity contribution >= 4 is 17.7 Å². The minimum absolute atomic E-state index is 0.132. The summed E-state index contributed by atoms with van der Waals surface area (Å²) in [7, 11) is 0. The molecule has 2 aromatic rings. The van der Waals surface area contributed by atoms with Crippen molar-refractivity contribution in [2.45, 2.75) is 42.3 Å². The number of benzene rings is 1. The maximum Gasteiger partial charge on any atom is 0.319 e. The Morgan fingerprint density at radius 2 is 2.08 bits per heavy atom. The van der Waals surface area contributed by atoms with Crippen LogP contribution in [0.25, 0.3) is 11.3 Å². The zero-order chi connectivity index (χ0) is 16.4. The smallest absolute Gasteiger partial charge is 0.319 e. The Kier molecular flexibility index (Phi) is 4.58. The second-order valence-electron chi connectivity index (χ2n) is 6.10. The molecule has 4 rings (SSSR count). The lowest BCUT2D eigenvalue weighted by atomic mass is 10.1. The van der Waals surface area contributed by atoms with Crippen molar-refractivity contribution in [1.82, 2.24) is 9.55 Å². The van der Waals surface area contributed by atoms with Gasteiger partial charge in [0.2, 0.25) is 0 Å². The molecule has 0 amide bonds. The SMILES string of the molecule is O=C1OCC[C@@H]1Sc1ncc(-c2ccccc2)n1C[C@@H]1CCCO1. The van der Waals surface area contributed by atoms with E-state index < -0.39 is 0 Å². The number of carbonyl (C=O) groups excluding carboxylic acids is 1. The predicted molar refractivity (Wildman–Crippen MR) is 91.9 cm³/mol. The maximum atomic E-state index is 11.8. The number of carbonyl (C=O) groups is 1. The minimum Gasteiger partial charge on any atom is -0.465 e. The van der Waals surface area contributed by atoms with Gasteiger partial charge in [0, 0.05) is 13.0 Å². The minimum atomic E-state index is -0.153. The highest BCUT2D eigenvalue weighted by atomic mass is 32.2. The van der Waals surface area contributed by atoms with Crippen LogP contribution in [0.15, 0.2) is 41.7 Å². The van der Waals surface area contributed by atoms with E-state index in [2.05, 4.69) is 21.7 Å². The Morgan fingerprint density at radius 1 is 1.21 bits per heavy atom. The van der Waals surface area contributed by atoms with Crippen LogP contribution in [0.5, 0.6) is 0 Å². The summed E-state index contributed by atoms with van der Waals surface area (Å²) < 4.78 is 13.1. The molecule has 2 aliphatic heterocycles. The highest BCUT2D eigenvalue weighted by Gasteiger charge is 2.30. The van der Waals surface area contributed by atoms with Crippen molar-refractivity contribution in [3.63, 3.8) is 0 Å². The first-order valence-corrected chi connectivity index (χ1v) is 9.25. The molecule has 0 aliphatic carbocycles. The number of ether oxygens (including phenoxy) is 2. The van der Waals surface area contributed by atoms with Crippen molar-refractivity contribution in [3.05, 3.63) is 36.5 Å². The fourth-order valence-electron chi connectivity index (χ4n) is 3.17. The van der Waals surface area contributed by atoms with Gasteiger partial charge in [0.1, 0.15) is 5.25 Å². The van der Waals surface area contributed by atoms with Gasteiger partial charge < -0.3 is 14.0 Å². The molecule has 2 fully saturated rings. The molecule has 0 saturated carbocycles. The molecule has 2 saturated heterocycles. The van der Waals surface area contributed by atoms with Crippen molar-refractivity contribution < 1.29 is 14.3 Å². The van der Waals surface area contributed by atoms with Crippen LogP contribution in [0.4, 0.5) is 0 Å². The molecule has 5 nitrogen and oxygen atoms in total. The molecule has 0 spiro atoms. The summed E-state index contributed by atoms with van der Waals surface area (Å²) >= 11 is 1.51. The monoisotopic (exact) mass is 344 g/mol. The molecule has 2 aliphatic rings. The van der Waals surface area contributed by atoms with Crippen LogP contribution >= 0.6 is 11.8 Å². The number of hydrogen-bond acceptors (Lipinski definition) is 5. The first-order chi connectivity index (χ1) is 11.8. The number of thioether (sulfide) groups is 1. The van der Waals surface area contributed by atoms with Gasteiger partial charge in [-0.2, -0.15) is 0 Å². The largest absolute Gasteiger partial charge is 0.465 e. The van der Waals surface area contributed by atoms with Gasteiger partial charge in [0.05, 0.1) is 31.1 Å². The third-order valence-corrected chi connectivity index (χ3v) is 5.68. The molecule has 24 heavy (non-hydrogen) atoms. The Morgan fingerprint density at radius 3 is 2.79 bits per heavy atom. The lowest BCUT2D eigenvalue weighted by Crippen LogP contribution is -2.18. The molecule has 126 valence electrons. The normalized spacial score (nSPS) is 23.6. The summed E-state index contributed by atoms with van der Waals surface area (Å²) in [6, 6.07) is 10.2. The van der Waals surface area contributed by atoms with E-state index in [1.54, 1.807) is 0 Å². The second-order valence-corrected chi connectivity index (χ2v) is 7.27. The lowest BCUT2D eigenvalue weighted by molar-refractivity contribution is -0.137. The van der Waals surface area contributed by atoms with Crippen LogP contribution in [-0.2, 0) is 20.8 Å². The average molecular weight is 344 g/mol. The van der Waals surface area contributed by atoms with Crippen molar-refractivity contribution in [3.8, 4) is 11.3 Å². The highest BCUT2D eigenvalue weighted by Crippen LogP contribution is 2.33. The van der Waals surface area contributed by atoms with Crippen LogP contribution in [-0.4, -0.2) is 40.1 Å². The Balaban J connectivity index is 1.64. The van der Waals surface area contributed by atoms with Gasteiger partial charge >= 0.3 is 5.97 Å². The Hall–Kier alpha value is -1.79. The van der Waals surface area contributed by atoms with Gasteiger partial charge in [-0.1, -0.05) is 42.1 Å². The van der Waals surface area contributed by atoms with Crippen LogP contribution in [0, 0.1) is 0 Å². The number of esters is 1. The molecule has 0 bridgehead atoms. The van der Waals surface area contributed by atoms with Gasteiger partial charge in [0.25, 0.3) is 0 Å². The van der Waals surface area contributed by atoms with Gasteiger partial charge in [-0.3, -0.25) is 4.79 Å². The first kappa shape index (κ1) is 15.7. The topological polar surface area (TPSA) is 53.3 Å². The second kappa shape index (κ2) is 6.99. The third kappa shape index (κ3) is 3.21. The van der Waals surface area contributed by atoms with E-state index in [-0.39, 0.29) is 17.3 Å². The van der Waals surface area contributed by atoms with Gasteiger partial charge in [0.15, 0.2) is 5.16 Å². The number of cyclic esters (lactones) is 1. The summed E-state index contributed by atoms with van der Waals surface area (Å²) in [4.78, 5) is 16.4. The summed E-state index contributed by atoms with van der Waals surface area (Å²) in [5, 5.41) is 0.715. The highest BCUT2D eigenvalue weighted by molar-refractivity contribution is 8.00. The maximum absolute atomic E-state index is 11.8. The quantitative estimate of drug-likeness (QED) is 0.780. The van der Waals surface area contributed by atoms with Crippen LogP contribution in [0.1, 0.15) is 19.3 Å². The molecule has 1 aromatic carbocycles. The first-order valence-electron chi connectivity index (χ1n) is 8.37. The van der Waals surface area contributed by atoms with Crippen molar-refractivity contribution in [2.75, 3.05) is 13.2 Å². The van der Waals surface area contributed by atoms with Gasteiger partial charge in [-0.15, -0.1) is 0 Å². The zero-order valence-corrected chi connectivity index (χ0v) is 14.2. The molecule has 3 heterocycles. The van der Waals surface area contributed by atoms with E-state index >= 15 is 0 Å². The van der Waals surface area contributed by atoms with E-state index in [4.69, 9.17) is 9.47 Å². The van der Waals surface area contributed by atoms with E-state index in [1.807, 2.05) is 24.4 Å². The predicted octanol–water partition coefficient (Wildman–Crippen LogP) is 3.14. The molecular weight excluding hydrogens is 324 g/mol. The summed E-state index contributed by atoms with van der Waals surface area (Å²) in [5.74, 6) is -0.132. The summed E-state index contributed by atoms with van der Waals surface area (Å²) in [6.45, 7) is 2.11. The molecular formula is C18H20N2O3S. The zero-order valence-electron chi connectivity index (χ0n) is 13.4. The summed E-state index contributed by atoms with van der Waals surface area (Å²) in [5.41, 5.74) is 2.20. The van der Waals surface area contributed by atoms with E-state index in [0.29, 0.717) is 6.61 Å². The number of rotatable bonds is 5. The van der Waals surface area contributed by atoms with Crippen LogP contribution in [0.3, 0.4) is 0 Å². The number of hydrogen-bond donors (Lipinski definition) is 0.